The summed E-state index contributed by atoms with van der Waals surface area (Å²) in [5.41, 5.74) is 1.01. The number of benzene rings is 1. The molecule has 0 bridgehead atoms. The lowest BCUT2D eigenvalue weighted by Gasteiger charge is -2.16. The van der Waals surface area contributed by atoms with E-state index in [1.807, 2.05) is 24.3 Å². The Balaban J connectivity index is 1.75. The van der Waals surface area contributed by atoms with E-state index in [1.54, 1.807) is 18.3 Å². The number of anilines is 2. The predicted octanol–water partition coefficient (Wildman–Crippen LogP) is 3.28. The summed E-state index contributed by atoms with van der Waals surface area (Å²) in [5, 5.41) is 5.79. The highest BCUT2D eigenvalue weighted by Crippen LogP contribution is 2.36. The van der Waals surface area contributed by atoms with Gasteiger partial charge in [0.1, 0.15) is 0 Å². The molecule has 0 aliphatic carbocycles. The van der Waals surface area contributed by atoms with Crippen LogP contribution in [-0.4, -0.2) is 5.91 Å². The van der Waals surface area contributed by atoms with E-state index >= 15 is 0 Å². The second kappa shape index (κ2) is 4.62. The van der Waals surface area contributed by atoms with Crippen LogP contribution in [0.3, 0.4) is 0 Å². The molecule has 0 saturated carbocycles. The predicted molar refractivity (Wildman–Crippen MR) is 71.3 cm³/mol. The Kier molecular flexibility index (Phi) is 2.82. The Morgan fingerprint density at radius 2 is 2.11 bits per heavy atom. The maximum Gasteiger partial charge on any atom is 0.266 e. The van der Waals surface area contributed by atoms with Gasteiger partial charge in [0.15, 0.2) is 5.88 Å². The number of nitrogens with one attached hydrogen (secondary N) is 2. The number of furan rings is 1. The van der Waals surface area contributed by atoms with E-state index in [4.69, 9.17) is 4.42 Å². The van der Waals surface area contributed by atoms with Gasteiger partial charge in [-0.25, -0.2) is 0 Å². The monoisotopic (exact) mass is 258 g/mol. The summed E-state index contributed by atoms with van der Waals surface area (Å²) in [5.74, 6) is 0.261. The van der Waals surface area contributed by atoms with Crippen LogP contribution in [0.4, 0.5) is 11.6 Å². The van der Waals surface area contributed by atoms with Gasteiger partial charge in [0.25, 0.3) is 5.91 Å². The first-order valence-electron chi connectivity index (χ1n) is 5.41. The Hall–Kier alpha value is -2.14. The smallest absolute Gasteiger partial charge is 0.266 e. The molecule has 4 nitrogen and oxygen atoms in total. The van der Waals surface area contributed by atoms with E-state index in [9.17, 15) is 4.79 Å². The van der Waals surface area contributed by atoms with Gasteiger partial charge >= 0.3 is 0 Å². The average molecular weight is 258 g/mol. The molecule has 1 aromatic heterocycles. The SMILES string of the molecule is O=C(Nc1ccco1)C1=CNc2ccccc2S1. The summed E-state index contributed by atoms with van der Waals surface area (Å²) in [7, 11) is 0. The molecule has 2 N–H and O–H groups in total. The Labute approximate surface area is 108 Å². The molecular weight excluding hydrogens is 248 g/mol. The first kappa shape index (κ1) is 11.0. The van der Waals surface area contributed by atoms with Crippen molar-refractivity contribution in [3.63, 3.8) is 0 Å². The molecule has 0 radical (unpaired) electrons. The number of thioether (sulfide) groups is 1. The Morgan fingerprint density at radius 1 is 1.22 bits per heavy atom. The number of hydrogen-bond acceptors (Lipinski definition) is 4. The lowest BCUT2D eigenvalue weighted by molar-refractivity contribution is -0.112. The molecule has 0 saturated heterocycles. The van der Waals surface area contributed by atoms with Crippen molar-refractivity contribution in [1.82, 2.24) is 0 Å². The van der Waals surface area contributed by atoms with Crippen LogP contribution in [0.2, 0.25) is 0 Å². The van der Waals surface area contributed by atoms with E-state index in [-0.39, 0.29) is 5.91 Å². The molecule has 1 aliphatic heterocycles. The summed E-state index contributed by atoms with van der Waals surface area (Å²) in [6, 6.07) is 11.3. The van der Waals surface area contributed by atoms with E-state index in [2.05, 4.69) is 10.6 Å². The van der Waals surface area contributed by atoms with E-state index in [1.165, 1.54) is 18.0 Å². The van der Waals surface area contributed by atoms with Crippen LogP contribution >= 0.6 is 11.8 Å². The van der Waals surface area contributed by atoms with Crippen LogP contribution in [0.15, 0.2) is 63.1 Å². The number of amides is 1. The van der Waals surface area contributed by atoms with Crippen molar-refractivity contribution < 1.29 is 9.21 Å². The summed E-state index contributed by atoms with van der Waals surface area (Å²) < 4.78 is 5.08. The fourth-order valence-corrected chi connectivity index (χ4v) is 2.48. The van der Waals surface area contributed by atoms with Crippen LogP contribution in [0.1, 0.15) is 0 Å². The van der Waals surface area contributed by atoms with Crippen LogP contribution in [-0.2, 0) is 4.79 Å². The van der Waals surface area contributed by atoms with E-state index in [0.717, 1.165) is 10.6 Å². The first-order valence-corrected chi connectivity index (χ1v) is 6.23. The van der Waals surface area contributed by atoms with Crippen molar-refractivity contribution >= 4 is 29.2 Å². The molecule has 18 heavy (non-hydrogen) atoms. The van der Waals surface area contributed by atoms with E-state index in [0.29, 0.717) is 10.8 Å². The molecule has 90 valence electrons. The zero-order valence-electron chi connectivity index (χ0n) is 9.34. The molecule has 0 atom stereocenters. The van der Waals surface area contributed by atoms with Gasteiger partial charge in [-0.3, -0.25) is 10.1 Å². The minimum absolute atomic E-state index is 0.183. The van der Waals surface area contributed by atoms with Gasteiger partial charge in [-0.05, 0) is 18.2 Å². The van der Waals surface area contributed by atoms with Crippen molar-refractivity contribution in [2.75, 3.05) is 10.6 Å². The van der Waals surface area contributed by atoms with Gasteiger partial charge in [-0.2, -0.15) is 0 Å². The highest BCUT2D eigenvalue weighted by Gasteiger charge is 2.17. The van der Waals surface area contributed by atoms with Crippen molar-refractivity contribution in [1.29, 1.82) is 0 Å². The van der Waals surface area contributed by atoms with Gasteiger partial charge in [0.2, 0.25) is 0 Å². The largest absolute Gasteiger partial charge is 0.449 e. The summed E-state index contributed by atoms with van der Waals surface area (Å²) in [4.78, 5) is 13.6. The standard InChI is InChI=1S/C13H10N2O2S/c16-13(15-12-6-3-7-17-12)11-8-14-9-4-1-2-5-10(9)18-11/h1-8,14H,(H,15,16). The fraction of sp³-hybridized carbons (Fsp3) is 0. The molecule has 1 amide bonds. The first-order chi connectivity index (χ1) is 8.83. The van der Waals surface area contributed by atoms with Crippen molar-refractivity contribution in [3.8, 4) is 0 Å². The molecule has 3 rings (SSSR count). The van der Waals surface area contributed by atoms with Gasteiger partial charge in [-0.1, -0.05) is 23.9 Å². The van der Waals surface area contributed by atoms with Crippen LogP contribution in [0.25, 0.3) is 0 Å². The van der Waals surface area contributed by atoms with Gasteiger partial charge in [-0.15, -0.1) is 0 Å². The molecule has 0 unspecified atom stereocenters. The maximum absolute atomic E-state index is 12.0. The van der Waals surface area contributed by atoms with Gasteiger partial charge < -0.3 is 9.73 Å². The van der Waals surface area contributed by atoms with Crippen LogP contribution in [0, 0.1) is 0 Å². The third kappa shape index (κ3) is 2.12. The molecule has 1 aliphatic rings. The molecule has 0 spiro atoms. The topological polar surface area (TPSA) is 54.3 Å². The fourth-order valence-electron chi connectivity index (χ4n) is 1.60. The number of carbonyl (C=O) groups is 1. The minimum atomic E-state index is -0.183. The second-order valence-electron chi connectivity index (χ2n) is 3.68. The van der Waals surface area contributed by atoms with Gasteiger partial charge in [0, 0.05) is 17.2 Å². The average Bonchev–Trinajstić information content (AvgIpc) is 2.91. The summed E-state index contributed by atoms with van der Waals surface area (Å²) >= 11 is 1.43. The number of hydrogen-bond donors (Lipinski definition) is 2. The normalized spacial score (nSPS) is 13.2. The van der Waals surface area contributed by atoms with Crippen molar-refractivity contribution in [2.24, 2.45) is 0 Å². The number of carbonyl (C=O) groups excluding carboxylic acids is 1. The molecule has 5 heteroatoms. The molecule has 1 aromatic carbocycles. The quantitative estimate of drug-likeness (QED) is 0.868. The van der Waals surface area contributed by atoms with Crippen LogP contribution < -0.4 is 10.6 Å². The van der Waals surface area contributed by atoms with E-state index < -0.39 is 0 Å². The summed E-state index contributed by atoms with van der Waals surface area (Å²) in [6.07, 6.45) is 3.22. The second-order valence-corrected chi connectivity index (χ2v) is 4.77. The summed E-state index contributed by atoms with van der Waals surface area (Å²) in [6.45, 7) is 0. The number of fused-ring (bicyclic) bond motifs is 1. The van der Waals surface area contributed by atoms with Crippen molar-refractivity contribution in [2.45, 2.75) is 4.90 Å². The molecule has 2 heterocycles. The highest BCUT2D eigenvalue weighted by atomic mass is 32.2. The number of rotatable bonds is 2. The Bertz CT molecular complexity index is 605. The highest BCUT2D eigenvalue weighted by molar-refractivity contribution is 8.04. The molecular formula is C13H10N2O2S. The zero-order chi connectivity index (χ0) is 12.4. The van der Waals surface area contributed by atoms with Crippen LogP contribution in [0.5, 0.6) is 0 Å². The van der Waals surface area contributed by atoms with Gasteiger partial charge in [0.05, 0.1) is 16.9 Å². The van der Waals surface area contributed by atoms with Crippen molar-refractivity contribution in [3.05, 3.63) is 53.8 Å². The zero-order valence-corrected chi connectivity index (χ0v) is 10.2. The Morgan fingerprint density at radius 3 is 2.94 bits per heavy atom. The lowest BCUT2D eigenvalue weighted by Crippen LogP contribution is -2.15. The number of para-hydroxylation sites is 1. The lowest BCUT2D eigenvalue weighted by atomic mass is 10.3. The minimum Gasteiger partial charge on any atom is -0.449 e. The third-order valence-corrected chi connectivity index (χ3v) is 3.55. The molecule has 0 fully saturated rings. The maximum atomic E-state index is 12.0. The third-order valence-electron chi connectivity index (χ3n) is 2.45. The molecule has 2 aromatic rings.